The Kier molecular flexibility index (Phi) is 7.08. The number of nitrogens with two attached hydrogens (primary N) is 2. The van der Waals surface area contributed by atoms with Crippen LogP contribution in [0.4, 0.5) is 29.7 Å². The fourth-order valence-electron chi connectivity index (χ4n) is 3.99. The molecule has 1 amide bonds. The molecule has 34 heavy (non-hydrogen) atoms. The predicted molar refractivity (Wildman–Crippen MR) is 127 cm³/mol. The van der Waals surface area contributed by atoms with Crippen LogP contribution >= 0.6 is 11.3 Å². The van der Waals surface area contributed by atoms with Gasteiger partial charge in [0.2, 0.25) is 0 Å². The van der Waals surface area contributed by atoms with Gasteiger partial charge in [-0.15, -0.1) is 0 Å². The summed E-state index contributed by atoms with van der Waals surface area (Å²) in [5.41, 5.74) is 13.4. The van der Waals surface area contributed by atoms with Gasteiger partial charge in [-0.3, -0.25) is 4.79 Å². The van der Waals surface area contributed by atoms with Crippen molar-refractivity contribution >= 4 is 33.8 Å². The van der Waals surface area contributed by atoms with Crippen LogP contribution in [0.5, 0.6) is 0 Å². The third-order valence-electron chi connectivity index (χ3n) is 5.66. The summed E-state index contributed by atoms with van der Waals surface area (Å²) < 4.78 is 41.9. The number of halogens is 3. The molecule has 1 atom stereocenters. The lowest BCUT2D eigenvalue weighted by Crippen LogP contribution is -2.30. The van der Waals surface area contributed by atoms with Crippen molar-refractivity contribution in [3.63, 3.8) is 0 Å². The molecule has 0 bridgehead atoms. The van der Waals surface area contributed by atoms with Gasteiger partial charge in [0.05, 0.1) is 6.20 Å². The summed E-state index contributed by atoms with van der Waals surface area (Å²) in [7, 11) is 0. The maximum atomic E-state index is 14.3. The van der Waals surface area contributed by atoms with Crippen molar-refractivity contribution in [3.8, 4) is 10.6 Å². The zero-order valence-electron chi connectivity index (χ0n) is 18.6. The zero-order chi connectivity index (χ0) is 24.4. The van der Waals surface area contributed by atoms with Gasteiger partial charge in [-0.25, -0.2) is 22.8 Å². The van der Waals surface area contributed by atoms with Crippen LogP contribution in [0.3, 0.4) is 0 Å². The first-order valence-corrected chi connectivity index (χ1v) is 11.7. The van der Waals surface area contributed by atoms with Crippen molar-refractivity contribution in [2.45, 2.75) is 45.2 Å². The molecule has 0 unspecified atom stereocenters. The molecule has 182 valence electrons. The van der Waals surface area contributed by atoms with E-state index in [-0.39, 0.29) is 33.0 Å². The number of nitrogens with zero attached hydrogens (tertiary/aromatic N) is 4. The molecule has 0 radical (unpaired) electrons. The number of aryl methyl sites for hydroxylation is 1. The van der Waals surface area contributed by atoms with Crippen molar-refractivity contribution in [1.29, 1.82) is 0 Å². The Morgan fingerprint density at radius 1 is 1.32 bits per heavy atom. The fraction of sp³-hybridized carbons (Fsp3) is 0.409. The molecule has 3 heterocycles. The highest BCUT2D eigenvalue weighted by Crippen LogP contribution is 2.34. The normalized spacial score (nSPS) is 16.6. The number of hydrogen-bond donors (Lipinski definition) is 3. The monoisotopic (exact) mass is 493 g/mol. The lowest BCUT2D eigenvalue weighted by atomic mass is 10.1. The average Bonchev–Trinajstić information content (AvgIpc) is 3.27. The van der Waals surface area contributed by atoms with Crippen LogP contribution in [0.2, 0.25) is 0 Å². The molecule has 1 aliphatic heterocycles. The number of hydrogen-bond acceptors (Lipinski definition) is 7. The van der Waals surface area contributed by atoms with E-state index in [2.05, 4.69) is 15.4 Å². The highest BCUT2D eigenvalue weighted by molar-refractivity contribution is 7.19. The Morgan fingerprint density at radius 2 is 2.12 bits per heavy atom. The maximum absolute atomic E-state index is 14.3. The first kappa shape index (κ1) is 24.0. The Labute approximate surface area is 198 Å². The molecule has 2 aromatic heterocycles. The van der Waals surface area contributed by atoms with E-state index in [0.717, 1.165) is 29.7 Å². The van der Waals surface area contributed by atoms with E-state index in [1.54, 1.807) is 12.1 Å². The molecule has 5 N–H and O–H groups in total. The average molecular weight is 494 g/mol. The number of amides is 1. The van der Waals surface area contributed by atoms with Gasteiger partial charge in [-0.1, -0.05) is 23.0 Å². The summed E-state index contributed by atoms with van der Waals surface area (Å²) in [5, 5.41) is 7.18. The summed E-state index contributed by atoms with van der Waals surface area (Å²) in [6.45, 7) is 2.36. The summed E-state index contributed by atoms with van der Waals surface area (Å²) in [6.07, 6.45) is 1.03. The van der Waals surface area contributed by atoms with E-state index in [1.165, 1.54) is 16.9 Å². The van der Waals surface area contributed by atoms with Gasteiger partial charge in [0.25, 0.3) is 12.3 Å². The minimum atomic E-state index is -2.61. The lowest BCUT2D eigenvalue weighted by molar-refractivity contribution is 0.102. The summed E-state index contributed by atoms with van der Waals surface area (Å²) >= 11 is 1.000. The SMILES string of the molecule is Cc1ccc(F)c(-c2nc(C(=O)Nc3cnn(CC(F)F)c3N3CCC[C@@H](N)CC3)c(N)s2)c1. The number of rotatable bonds is 6. The summed E-state index contributed by atoms with van der Waals surface area (Å²) in [5.74, 6) is -0.708. The number of carbonyl (C=O) groups is 1. The zero-order valence-corrected chi connectivity index (χ0v) is 19.4. The molecule has 12 heteroatoms. The van der Waals surface area contributed by atoms with Gasteiger partial charge in [0, 0.05) is 24.7 Å². The fourth-order valence-corrected chi connectivity index (χ4v) is 4.84. The quantitative estimate of drug-likeness (QED) is 0.480. The van der Waals surface area contributed by atoms with E-state index in [9.17, 15) is 18.0 Å². The standard InChI is InChI=1S/C22H26F3N7OS/c1-12-4-5-15(23)14(9-12)21-30-18(19(27)34-21)20(33)29-16-10-28-32(11-17(24)25)22(16)31-7-2-3-13(26)6-8-31/h4-5,9-10,13,17H,2-3,6-8,11,26-27H2,1H3,(H,29,33)/t13-/m1/s1. The second-order valence-corrected chi connectivity index (χ2v) is 9.33. The van der Waals surface area contributed by atoms with Crippen LogP contribution in [0.25, 0.3) is 10.6 Å². The molecule has 1 aromatic carbocycles. The number of thiazole rings is 1. The molecule has 0 aliphatic carbocycles. The lowest BCUT2D eigenvalue weighted by Gasteiger charge is -2.25. The Balaban J connectivity index is 1.63. The molecular formula is C22H26F3N7OS. The van der Waals surface area contributed by atoms with E-state index in [0.29, 0.717) is 25.3 Å². The topological polar surface area (TPSA) is 115 Å². The summed E-state index contributed by atoms with van der Waals surface area (Å²) in [4.78, 5) is 19.2. The molecule has 8 nitrogen and oxygen atoms in total. The number of alkyl halides is 2. The van der Waals surface area contributed by atoms with Crippen molar-refractivity contribution in [2.24, 2.45) is 5.73 Å². The van der Waals surface area contributed by atoms with E-state index in [1.807, 2.05) is 11.8 Å². The van der Waals surface area contributed by atoms with Gasteiger partial charge in [-0.05, 0) is 38.3 Å². The molecular weight excluding hydrogens is 467 g/mol. The van der Waals surface area contributed by atoms with Gasteiger partial charge >= 0.3 is 0 Å². The van der Waals surface area contributed by atoms with E-state index >= 15 is 0 Å². The molecule has 0 saturated carbocycles. The molecule has 3 aromatic rings. The Hall–Kier alpha value is -3.12. The molecule has 1 saturated heterocycles. The van der Waals surface area contributed by atoms with E-state index < -0.39 is 24.7 Å². The van der Waals surface area contributed by atoms with Crippen LogP contribution in [0.15, 0.2) is 24.4 Å². The molecule has 0 spiro atoms. The van der Waals surface area contributed by atoms with Crippen molar-refractivity contribution in [3.05, 3.63) is 41.5 Å². The van der Waals surface area contributed by atoms with Crippen LogP contribution < -0.4 is 21.7 Å². The number of nitrogens with one attached hydrogen (secondary N) is 1. The largest absolute Gasteiger partial charge is 0.389 e. The third kappa shape index (κ3) is 5.17. The Bertz CT molecular complexity index is 1180. The second kappa shape index (κ2) is 10.0. The number of carbonyl (C=O) groups excluding carboxylic acids is 1. The van der Waals surface area contributed by atoms with Crippen molar-refractivity contribution in [1.82, 2.24) is 14.8 Å². The molecule has 1 fully saturated rings. The van der Waals surface area contributed by atoms with Gasteiger partial charge in [0.15, 0.2) is 11.5 Å². The van der Waals surface area contributed by atoms with Gasteiger partial charge < -0.3 is 21.7 Å². The second-order valence-electron chi connectivity index (χ2n) is 8.30. The summed E-state index contributed by atoms with van der Waals surface area (Å²) in [6, 6.07) is 4.63. The van der Waals surface area contributed by atoms with Crippen LogP contribution in [0, 0.1) is 12.7 Å². The minimum absolute atomic E-state index is 0.0322. The first-order valence-electron chi connectivity index (χ1n) is 10.9. The van der Waals surface area contributed by atoms with Crippen LogP contribution in [-0.2, 0) is 6.54 Å². The van der Waals surface area contributed by atoms with Crippen LogP contribution in [0.1, 0.15) is 35.3 Å². The Morgan fingerprint density at radius 3 is 2.88 bits per heavy atom. The van der Waals surface area contributed by atoms with E-state index in [4.69, 9.17) is 11.5 Å². The third-order valence-corrected chi connectivity index (χ3v) is 6.58. The maximum Gasteiger partial charge on any atom is 0.277 e. The predicted octanol–water partition coefficient (Wildman–Crippen LogP) is 3.87. The van der Waals surface area contributed by atoms with Crippen molar-refractivity contribution in [2.75, 3.05) is 29.0 Å². The molecule has 4 rings (SSSR count). The number of aromatic nitrogens is 3. The number of anilines is 3. The highest BCUT2D eigenvalue weighted by Gasteiger charge is 2.26. The highest BCUT2D eigenvalue weighted by atomic mass is 32.1. The molecule has 1 aliphatic rings. The van der Waals surface area contributed by atoms with Crippen molar-refractivity contribution < 1.29 is 18.0 Å². The van der Waals surface area contributed by atoms with Gasteiger partial charge in [0.1, 0.15) is 28.1 Å². The van der Waals surface area contributed by atoms with Gasteiger partial charge in [-0.2, -0.15) is 5.10 Å². The van der Waals surface area contributed by atoms with Crippen LogP contribution in [-0.4, -0.2) is 46.2 Å². The number of benzene rings is 1. The first-order chi connectivity index (χ1) is 16.2. The number of nitrogen functional groups attached to an aromatic ring is 1. The smallest absolute Gasteiger partial charge is 0.277 e. The minimum Gasteiger partial charge on any atom is -0.389 e.